The Kier molecular flexibility index (Phi) is 4.80. The summed E-state index contributed by atoms with van der Waals surface area (Å²) in [5.41, 5.74) is 2.15. The summed E-state index contributed by atoms with van der Waals surface area (Å²) in [6.07, 6.45) is 0. The molecule has 6 heteroatoms. The summed E-state index contributed by atoms with van der Waals surface area (Å²) < 4.78 is 15.7. The van der Waals surface area contributed by atoms with Crippen LogP contribution < -0.4 is 9.47 Å². The standard InChI is InChI=1S/C15H16O5S/c1-9-6-12(18-2)13(19-3)7-10(9)8-21-14-5-4-11(20-14)15(16)17/h4-7H,8H2,1-3H3,(H,16,17). The SMILES string of the molecule is COc1cc(C)c(CSc2ccc(C(=O)O)o2)cc1OC. The summed E-state index contributed by atoms with van der Waals surface area (Å²) in [5.74, 6) is 0.892. The number of carboxylic acid groups (broad SMARTS) is 1. The lowest BCUT2D eigenvalue weighted by Gasteiger charge is -2.12. The van der Waals surface area contributed by atoms with Crippen molar-refractivity contribution in [3.63, 3.8) is 0 Å². The van der Waals surface area contributed by atoms with Gasteiger partial charge in [0.15, 0.2) is 16.6 Å². The van der Waals surface area contributed by atoms with Gasteiger partial charge < -0.3 is 19.0 Å². The van der Waals surface area contributed by atoms with Gasteiger partial charge in [0, 0.05) is 5.75 Å². The van der Waals surface area contributed by atoms with E-state index >= 15 is 0 Å². The van der Waals surface area contributed by atoms with Gasteiger partial charge in [0.2, 0.25) is 5.76 Å². The summed E-state index contributed by atoms with van der Waals surface area (Å²) in [5, 5.41) is 9.39. The second kappa shape index (κ2) is 6.58. The van der Waals surface area contributed by atoms with Gasteiger partial charge in [0.05, 0.1) is 14.2 Å². The van der Waals surface area contributed by atoms with Gasteiger partial charge in [-0.3, -0.25) is 0 Å². The molecule has 0 aliphatic carbocycles. The van der Waals surface area contributed by atoms with Crippen molar-refractivity contribution in [1.82, 2.24) is 0 Å². The van der Waals surface area contributed by atoms with Crippen LogP contribution in [0.3, 0.4) is 0 Å². The quantitative estimate of drug-likeness (QED) is 0.822. The second-order valence-electron chi connectivity index (χ2n) is 4.35. The smallest absolute Gasteiger partial charge is 0.371 e. The Morgan fingerprint density at radius 1 is 1.24 bits per heavy atom. The van der Waals surface area contributed by atoms with Crippen molar-refractivity contribution >= 4 is 17.7 Å². The molecule has 2 rings (SSSR count). The zero-order valence-corrected chi connectivity index (χ0v) is 12.8. The minimum absolute atomic E-state index is 0.0541. The molecule has 0 amide bonds. The van der Waals surface area contributed by atoms with E-state index in [4.69, 9.17) is 19.0 Å². The van der Waals surface area contributed by atoms with E-state index < -0.39 is 5.97 Å². The van der Waals surface area contributed by atoms with Gasteiger partial charge >= 0.3 is 5.97 Å². The zero-order chi connectivity index (χ0) is 15.4. The molecule has 0 atom stereocenters. The maximum atomic E-state index is 10.8. The van der Waals surface area contributed by atoms with Crippen molar-refractivity contribution in [3.05, 3.63) is 41.2 Å². The van der Waals surface area contributed by atoms with Crippen LogP contribution in [0.15, 0.2) is 33.8 Å². The number of thioether (sulfide) groups is 1. The van der Waals surface area contributed by atoms with Crippen LogP contribution in [0.1, 0.15) is 21.7 Å². The fourth-order valence-electron chi connectivity index (χ4n) is 1.84. The Hall–Kier alpha value is -2.08. The maximum absolute atomic E-state index is 10.8. The molecule has 0 aliphatic rings. The molecule has 0 spiro atoms. The van der Waals surface area contributed by atoms with Gasteiger partial charge in [-0.2, -0.15) is 0 Å². The number of ether oxygens (including phenoxy) is 2. The summed E-state index contributed by atoms with van der Waals surface area (Å²) in [4.78, 5) is 10.8. The van der Waals surface area contributed by atoms with Crippen LogP contribution in [0.5, 0.6) is 11.5 Å². The molecule has 1 heterocycles. The first-order valence-electron chi connectivity index (χ1n) is 6.22. The van der Waals surface area contributed by atoms with Crippen LogP contribution in [-0.2, 0) is 5.75 Å². The number of rotatable bonds is 6. The largest absolute Gasteiger partial charge is 0.493 e. The first-order chi connectivity index (χ1) is 10.0. The van der Waals surface area contributed by atoms with Gasteiger partial charge in [-0.25, -0.2) is 4.79 Å². The van der Waals surface area contributed by atoms with Crippen molar-refractivity contribution in [1.29, 1.82) is 0 Å². The van der Waals surface area contributed by atoms with Crippen LogP contribution in [0.4, 0.5) is 0 Å². The van der Waals surface area contributed by atoms with Gasteiger partial charge in [-0.15, -0.1) is 0 Å². The third-order valence-corrected chi connectivity index (χ3v) is 3.96. The fourth-order valence-corrected chi connectivity index (χ4v) is 2.76. The molecular weight excluding hydrogens is 292 g/mol. The van der Waals surface area contributed by atoms with Gasteiger partial charge in [-0.05, 0) is 42.3 Å². The van der Waals surface area contributed by atoms with E-state index in [9.17, 15) is 4.79 Å². The molecule has 112 valence electrons. The molecule has 0 bridgehead atoms. The lowest BCUT2D eigenvalue weighted by molar-refractivity contribution is 0.0656. The third-order valence-electron chi connectivity index (χ3n) is 3.00. The molecule has 1 aromatic carbocycles. The fraction of sp³-hybridized carbons (Fsp3) is 0.267. The summed E-state index contributed by atoms with van der Waals surface area (Å²) in [6, 6.07) is 6.94. The first kappa shape index (κ1) is 15.3. The number of hydrogen-bond acceptors (Lipinski definition) is 5. The highest BCUT2D eigenvalue weighted by atomic mass is 32.2. The molecule has 0 unspecified atom stereocenters. The Morgan fingerprint density at radius 2 is 1.90 bits per heavy atom. The Labute approximate surface area is 126 Å². The van der Waals surface area contributed by atoms with Crippen LogP contribution in [0.25, 0.3) is 0 Å². The van der Waals surface area contributed by atoms with Gasteiger partial charge in [0.1, 0.15) is 0 Å². The number of aromatic carboxylic acids is 1. The van der Waals surface area contributed by atoms with E-state index in [1.807, 2.05) is 19.1 Å². The summed E-state index contributed by atoms with van der Waals surface area (Å²) in [6.45, 7) is 1.99. The van der Waals surface area contributed by atoms with Gasteiger partial charge in [0.25, 0.3) is 0 Å². The average molecular weight is 308 g/mol. The maximum Gasteiger partial charge on any atom is 0.371 e. The molecule has 0 saturated heterocycles. The van der Waals surface area contributed by atoms with Crippen LogP contribution >= 0.6 is 11.8 Å². The van der Waals surface area contributed by atoms with E-state index in [1.165, 1.54) is 17.8 Å². The number of benzene rings is 1. The number of carboxylic acids is 1. The number of methoxy groups -OCH3 is 2. The summed E-state index contributed by atoms with van der Waals surface area (Å²) >= 11 is 1.43. The van der Waals surface area contributed by atoms with E-state index in [-0.39, 0.29) is 5.76 Å². The van der Waals surface area contributed by atoms with Crippen molar-refractivity contribution in [2.75, 3.05) is 14.2 Å². The van der Waals surface area contributed by atoms with Crippen LogP contribution in [0.2, 0.25) is 0 Å². The molecule has 0 aliphatic heterocycles. The predicted octanol–water partition coefficient (Wildman–Crippen LogP) is 3.60. The zero-order valence-electron chi connectivity index (χ0n) is 12.0. The van der Waals surface area contributed by atoms with Crippen LogP contribution in [-0.4, -0.2) is 25.3 Å². The molecule has 0 fully saturated rings. The molecule has 21 heavy (non-hydrogen) atoms. The lowest BCUT2D eigenvalue weighted by Crippen LogP contribution is -1.95. The third kappa shape index (κ3) is 3.52. The lowest BCUT2D eigenvalue weighted by atomic mass is 10.1. The minimum Gasteiger partial charge on any atom is -0.493 e. The Balaban J connectivity index is 2.13. The van der Waals surface area contributed by atoms with Crippen molar-refractivity contribution in [3.8, 4) is 11.5 Å². The predicted molar refractivity (Wildman–Crippen MR) is 79.5 cm³/mol. The number of aryl methyl sites for hydroxylation is 1. The second-order valence-corrected chi connectivity index (χ2v) is 5.33. The number of furan rings is 1. The molecule has 0 radical (unpaired) electrons. The minimum atomic E-state index is -1.07. The van der Waals surface area contributed by atoms with E-state index in [0.717, 1.165) is 11.1 Å². The highest BCUT2D eigenvalue weighted by Crippen LogP contribution is 2.33. The van der Waals surface area contributed by atoms with E-state index in [2.05, 4.69) is 0 Å². The van der Waals surface area contributed by atoms with E-state index in [0.29, 0.717) is 22.3 Å². The average Bonchev–Trinajstić information content (AvgIpc) is 2.94. The van der Waals surface area contributed by atoms with E-state index in [1.54, 1.807) is 20.3 Å². The molecule has 1 N–H and O–H groups in total. The topological polar surface area (TPSA) is 68.9 Å². The normalized spacial score (nSPS) is 10.4. The van der Waals surface area contributed by atoms with Crippen molar-refractivity contribution in [2.45, 2.75) is 17.8 Å². The molecule has 2 aromatic rings. The first-order valence-corrected chi connectivity index (χ1v) is 7.21. The van der Waals surface area contributed by atoms with Crippen molar-refractivity contribution < 1.29 is 23.8 Å². The summed E-state index contributed by atoms with van der Waals surface area (Å²) in [7, 11) is 3.19. The Bertz CT molecular complexity index is 648. The molecule has 5 nitrogen and oxygen atoms in total. The van der Waals surface area contributed by atoms with Crippen molar-refractivity contribution in [2.24, 2.45) is 0 Å². The Morgan fingerprint density at radius 3 is 2.48 bits per heavy atom. The number of carbonyl (C=O) groups is 1. The molecule has 0 saturated carbocycles. The van der Waals surface area contributed by atoms with Crippen LogP contribution in [0, 0.1) is 6.92 Å². The molecular formula is C15H16O5S. The highest BCUT2D eigenvalue weighted by molar-refractivity contribution is 7.98. The monoisotopic (exact) mass is 308 g/mol. The molecule has 1 aromatic heterocycles. The van der Waals surface area contributed by atoms with Gasteiger partial charge in [-0.1, -0.05) is 11.8 Å². The highest BCUT2D eigenvalue weighted by Gasteiger charge is 2.12. The number of hydrogen-bond donors (Lipinski definition) is 1.